The van der Waals surface area contributed by atoms with Crippen LogP contribution in [0.3, 0.4) is 0 Å². The van der Waals surface area contributed by atoms with Gasteiger partial charge in [-0.15, -0.1) is 0 Å². The van der Waals surface area contributed by atoms with Crippen LogP contribution in [0.15, 0.2) is 29.1 Å². The van der Waals surface area contributed by atoms with E-state index in [1.165, 1.54) is 0 Å². The molecule has 0 bridgehead atoms. The smallest absolute Gasteiger partial charge is 0.192 e. The van der Waals surface area contributed by atoms with Crippen LogP contribution in [-0.4, -0.2) is 19.2 Å². The zero-order valence-corrected chi connectivity index (χ0v) is 14.0. The summed E-state index contributed by atoms with van der Waals surface area (Å²) < 4.78 is 24.5. The predicted molar refractivity (Wildman–Crippen MR) is 90.9 cm³/mol. The molecule has 0 saturated carbocycles. The van der Waals surface area contributed by atoms with E-state index in [0.717, 1.165) is 19.3 Å². The summed E-state index contributed by atoms with van der Waals surface area (Å²) in [6.07, 6.45) is 3.76. The van der Waals surface area contributed by atoms with E-state index in [2.05, 4.69) is 11.9 Å². The van der Waals surface area contributed by atoms with Crippen LogP contribution < -0.4 is 5.43 Å². The quantitative estimate of drug-likeness (QED) is 0.795. The van der Waals surface area contributed by atoms with E-state index in [1.54, 1.807) is 25.1 Å². The molecule has 1 N–H and O–H groups in total. The van der Waals surface area contributed by atoms with Crippen molar-refractivity contribution in [2.24, 2.45) is 0 Å². The van der Waals surface area contributed by atoms with Crippen molar-refractivity contribution in [1.29, 1.82) is 0 Å². The molecule has 0 radical (unpaired) electrons. The van der Waals surface area contributed by atoms with Crippen LogP contribution in [0, 0.1) is 6.92 Å². The van der Waals surface area contributed by atoms with Gasteiger partial charge in [0.1, 0.15) is 0 Å². The molecule has 22 heavy (non-hydrogen) atoms. The first-order valence-electron chi connectivity index (χ1n) is 7.75. The molecule has 1 heterocycles. The molecule has 5 heteroatoms. The van der Waals surface area contributed by atoms with Crippen LogP contribution in [0.4, 0.5) is 0 Å². The van der Waals surface area contributed by atoms with Gasteiger partial charge in [-0.3, -0.25) is 4.79 Å². The molecule has 0 spiro atoms. The fourth-order valence-electron chi connectivity index (χ4n) is 2.57. The maximum absolute atomic E-state index is 12.3. The number of unbranched alkanes of at least 4 members (excludes halogenated alkanes) is 3. The summed E-state index contributed by atoms with van der Waals surface area (Å²) in [4.78, 5) is 15.4. The Bertz CT molecular complexity index is 806. The number of benzene rings is 1. The monoisotopic (exact) mass is 321 g/mol. The Kier molecular flexibility index (Phi) is 5.40. The molecule has 0 amide bonds. The van der Waals surface area contributed by atoms with Crippen molar-refractivity contribution in [1.82, 2.24) is 4.98 Å². The van der Waals surface area contributed by atoms with Crippen molar-refractivity contribution < 1.29 is 8.42 Å². The Morgan fingerprint density at radius 1 is 1.09 bits per heavy atom. The average Bonchev–Trinajstić information content (AvgIpc) is 2.49. The number of aromatic amines is 1. The number of hydrogen-bond acceptors (Lipinski definition) is 3. The molecule has 1 aromatic carbocycles. The molecule has 0 aliphatic heterocycles. The zero-order chi connectivity index (χ0) is 16.2. The van der Waals surface area contributed by atoms with Gasteiger partial charge in [-0.1, -0.05) is 38.3 Å². The summed E-state index contributed by atoms with van der Waals surface area (Å²) in [5.41, 5.74) is 1.61. The lowest BCUT2D eigenvalue weighted by Crippen LogP contribution is -2.17. The molecule has 0 fully saturated rings. The first-order chi connectivity index (χ1) is 10.4. The van der Waals surface area contributed by atoms with Crippen LogP contribution in [0.2, 0.25) is 0 Å². The number of hydrogen-bond donors (Lipinski definition) is 1. The third-order valence-corrected chi connectivity index (χ3v) is 5.56. The van der Waals surface area contributed by atoms with Crippen molar-refractivity contribution in [3.05, 3.63) is 45.7 Å². The number of pyridine rings is 1. The summed E-state index contributed by atoms with van der Waals surface area (Å²) >= 11 is 0. The highest BCUT2D eigenvalue weighted by atomic mass is 32.2. The molecule has 0 saturated heterocycles. The minimum atomic E-state index is -3.19. The van der Waals surface area contributed by atoms with Gasteiger partial charge in [0, 0.05) is 22.2 Å². The largest absolute Gasteiger partial charge is 0.357 e. The molecule has 0 unspecified atom stereocenters. The first-order valence-corrected chi connectivity index (χ1v) is 9.57. The number of sulfone groups is 1. The summed E-state index contributed by atoms with van der Waals surface area (Å²) in [5, 5.41) is 0.601. The zero-order valence-electron chi connectivity index (χ0n) is 13.2. The average molecular weight is 321 g/mol. The minimum absolute atomic E-state index is 0.0921. The summed E-state index contributed by atoms with van der Waals surface area (Å²) in [6, 6.07) is 7.19. The molecule has 0 aliphatic rings. The van der Waals surface area contributed by atoms with Gasteiger partial charge < -0.3 is 4.98 Å². The lowest BCUT2D eigenvalue weighted by molar-refractivity contribution is 0.587. The van der Waals surface area contributed by atoms with E-state index in [0.29, 0.717) is 28.6 Å². The Hall–Kier alpha value is -1.62. The highest BCUT2D eigenvalue weighted by Gasteiger charge is 2.16. The topological polar surface area (TPSA) is 67.0 Å². The SMILES string of the molecule is CCCCCCS(=O)(=O)Cc1[nH]c2ccccc2c(=O)c1C. The number of aromatic nitrogens is 1. The Morgan fingerprint density at radius 2 is 1.82 bits per heavy atom. The van der Waals surface area contributed by atoms with E-state index in [1.807, 2.05) is 6.07 Å². The van der Waals surface area contributed by atoms with Gasteiger partial charge in [-0.05, 0) is 25.5 Å². The van der Waals surface area contributed by atoms with Crippen molar-refractivity contribution in [2.45, 2.75) is 45.3 Å². The maximum atomic E-state index is 12.3. The Labute approximate surface area is 131 Å². The van der Waals surface area contributed by atoms with Gasteiger partial charge in [-0.25, -0.2) is 8.42 Å². The molecular formula is C17H23NO3S. The maximum Gasteiger partial charge on any atom is 0.192 e. The first kappa shape index (κ1) is 16.7. The molecule has 120 valence electrons. The van der Waals surface area contributed by atoms with E-state index in [9.17, 15) is 13.2 Å². The van der Waals surface area contributed by atoms with Crippen LogP contribution >= 0.6 is 0 Å². The van der Waals surface area contributed by atoms with Gasteiger partial charge in [0.25, 0.3) is 0 Å². The lowest BCUT2D eigenvalue weighted by Gasteiger charge is -2.09. The summed E-state index contributed by atoms with van der Waals surface area (Å²) in [7, 11) is -3.19. The number of fused-ring (bicyclic) bond motifs is 1. The van der Waals surface area contributed by atoms with Crippen LogP contribution in [0.1, 0.15) is 43.9 Å². The third-order valence-electron chi connectivity index (χ3n) is 3.92. The lowest BCUT2D eigenvalue weighted by atomic mass is 10.1. The second kappa shape index (κ2) is 7.09. The highest BCUT2D eigenvalue weighted by Crippen LogP contribution is 2.14. The minimum Gasteiger partial charge on any atom is -0.357 e. The number of H-pyrrole nitrogens is 1. The second-order valence-corrected chi connectivity index (χ2v) is 7.94. The van der Waals surface area contributed by atoms with Gasteiger partial charge >= 0.3 is 0 Å². The van der Waals surface area contributed by atoms with Gasteiger partial charge in [0.05, 0.1) is 11.5 Å². The number of para-hydroxylation sites is 1. The molecular weight excluding hydrogens is 298 g/mol. The van der Waals surface area contributed by atoms with Crippen LogP contribution in [0.25, 0.3) is 10.9 Å². The Morgan fingerprint density at radius 3 is 2.55 bits per heavy atom. The van der Waals surface area contributed by atoms with Crippen molar-refractivity contribution in [2.75, 3.05) is 5.75 Å². The van der Waals surface area contributed by atoms with E-state index >= 15 is 0 Å². The van der Waals surface area contributed by atoms with Gasteiger partial charge in [-0.2, -0.15) is 0 Å². The third kappa shape index (κ3) is 3.97. The van der Waals surface area contributed by atoms with E-state index in [4.69, 9.17) is 0 Å². The fraction of sp³-hybridized carbons (Fsp3) is 0.471. The van der Waals surface area contributed by atoms with Crippen LogP contribution in [-0.2, 0) is 15.6 Å². The normalized spacial score (nSPS) is 11.9. The standard InChI is InChI=1S/C17H23NO3S/c1-3-4-5-8-11-22(20,21)12-16-13(2)17(19)14-9-6-7-10-15(14)18-16/h6-7,9-10H,3-5,8,11-12H2,1-2H3,(H,18,19). The fourth-order valence-corrected chi connectivity index (χ4v) is 4.09. The summed E-state index contributed by atoms with van der Waals surface area (Å²) in [5.74, 6) is 0.0896. The number of rotatable bonds is 7. The second-order valence-electron chi connectivity index (χ2n) is 5.76. The van der Waals surface area contributed by atoms with Gasteiger partial charge in [0.15, 0.2) is 15.3 Å². The van der Waals surface area contributed by atoms with Crippen LogP contribution in [0.5, 0.6) is 0 Å². The Balaban J connectivity index is 2.24. The molecule has 1 aromatic heterocycles. The van der Waals surface area contributed by atoms with E-state index in [-0.39, 0.29) is 16.9 Å². The van der Waals surface area contributed by atoms with Crippen molar-refractivity contribution in [3.8, 4) is 0 Å². The summed E-state index contributed by atoms with van der Waals surface area (Å²) in [6.45, 7) is 3.78. The molecule has 0 atom stereocenters. The number of nitrogens with one attached hydrogen (secondary N) is 1. The van der Waals surface area contributed by atoms with Crippen molar-refractivity contribution >= 4 is 20.7 Å². The van der Waals surface area contributed by atoms with Crippen molar-refractivity contribution in [3.63, 3.8) is 0 Å². The van der Waals surface area contributed by atoms with E-state index < -0.39 is 9.84 Å². The molecule has 0 aliphatic carbocycles. The van der Waals surface area contributed by atoms with Gasteiger partial charge in [0.2, 0.25) is 0 Å². The molecule has 2 rings (SSSR count). The molecule has 2 aromatic rings. The predicted octanol–water partition coefficient (Wildman–Crippen LogP) is 3.33. The highest BCUT2D eigenvalue weighted by molar-refractivity contribution is 7.90. The molecule has 4 nitrogen and oxygen atoms in total.